The van der Waals surface area contributed by atoms with Gasteiger partial charge in [0.2, 0.25) is 0 Å². The average Bonchev–Trinajstić information content (AvgIpc) is 2.67. The van der Waals surface area contributed by atoms with E-state index in [0.717, 1.165) is 37.2 Å². The van der Waals surface area contributed by atoms with E-state index in [1.54, 1.807) is 0 Å². The van der Waals surface area contributed by atoms with Gasteiger partial charge in [0.15, 0.2) is 11.6 Å². The molecule has 0 atom stereocenters. The van der Waals surface area contributed by atoms with Crippen LogP contribution < -0.4 is 0 Å². The summed E-state index contributed by atoms with van der Waals surface area (Å²) >= 11 is 0. The lowest BCUT2D eigenvalue weighted by atomic mass is 10.1. The highest BCUT2D eigenvalue weighted by Gasteiger charge is 2.08. The van der Waals surface area contributed by atoms with Crippen molar-refractivity contribution in [3.8, 4) is 0 Å². The number of nitrogens with zero attached hydrogens (tertiary/aromatic N) is 1. The van der Waals surface area contributed by atoms with Crippen molar-refractivity contribution in [1.29, 1.82) is 0 Å². The van der Waals surface area contributed by atoms with Crippen molar-refractivity contribution in [3.63, 3.8) is 0 Å². The summed E-state index contributed by atoms with van der Waals surface area (Å²) in [4.78, 5) is 7.27. The number of halogens is 2. The number of hydrogen-bond acceptors (Lipinski definition) is 1. The van der Waals surface area contributed by atoms with E-state index in [1.165, 1.54) is 12.8 Å². The Kier molecular flexibility index (Phi) is 3.71. The maximum atomic E-state index is 13.0. The molecular formula is C13H16F2N2. The second-order valence-electron chi connectivity index (χ2n) is 4.28. The number of rotatable bonds is 5. The number of aryl methyl sites for hydroxylation is 1. The number of hydrogen-bond donors (Lipinski definition) is 1. The number of H-pyrrole nitrogens is 1. The van der Waals surface area contributed by atoms with E-state index in [0.29, 0.717) is 11.0 Å². The van der Waals surface area contributed by atoms with E-state index in [2.05, 4.69) is 16.9 Å². The minimum atomic E-state index is -0.846. The predicted molar refractivity (Wildman–Crippen MR) is 63.9 cm³/mol. The minimum absolute atomic E-state index is 0.495. The lowest BCUT2D eigenvalue weighted by Crippen LogP contribution is -1.87. The third-order valence-corrected chi connectivity index (χ3v) is 2.84. The zero-order valence-electron chi connectivity index (χ0n) is 9.89. The number of benzene rings is 1. The van der Waals surface area contributed by atoms with Crippen LogP contribution >= 0.6 is 0 Å². The zero-order valence-corrected chi connectivity index (χ0v) is 9.89. The van der Waals surface area contributed by atoms with Gasteiger partial charge in [0.25, 0.3) is 0 Å². The number of nitrogens with one attached hydrogen (secondary N) is 1. The Bertz CT molecular complexity index is 466. The molecule has 0 bridgehead atoms. The summed E-state index contributed by atoms with van der Waals surface area (Å²) in [5.41, 5.74) is 1.06. The number of unbranched alkanes of at least 4 members (excludes halogenated alkanes) is 3. The first-order valence-corrected chi connectivity index (χ1v) is 6.04. The Morgan fingerprint density at radius 3 is 2.65 bits per heavy atom. The molecular weight excluding hydrogens is 222 g/mol. The second-order valence-corrected chi connectivity index (χ2v) is 4.28. The molecule has 1 N–H and O–H groups in total. The first-order valence-electron chi connectivity index (χ1n) is 6.04. The molecule has 2 rings (SSSR count). The van der Waals surface area contributed by atoms with Crippen molar-refractivity contribution in [2.75, 3.05) is 0 Å². The normalized spacial score (nSPS) is 11.2. The highest BCUT2D eigenvalue weighted by molar-refractivity contribution is 5.75. The molecule has 1 heterocycles. The van der Waals surface area contributed by atoms with Crippen LogP contribution in [0, 0.1) is 11.6 Å². The van der Waals surface area contributed by atoms with Gasteiger partial charge in [-0.1, -0.05) is 26.2 Å². The molecule has 0 aliphatic heterocycles. The van der Waals surface area contributed by atoms with Crippen molar-refractivity contribution in [1.82, 2.24) is 9.97 Å². The smallest absolute Gasteiger partial charge is 0.161 e. The van der Waals surface area contributed by atoms with Crippen LogP contribution in [-0.4, -0.2) is 9.97 Å². The molecule has 2 aromatic rings. The highest BCUT2D eigenvalue weighted by Crippen LogP contribution is 2.17. The van der Waals surface area contributed by atoms with E-state index >= 15 is 0 Å². The van der Waals surface area contributed by atoms with Crippen molar-refractivity contribution >= 4 is 11.0 Å². The standard InChI is InChI=1S/C13H16F2N2/c1-2-3-4-5-6-13-16-11-7-9(14)10(15)8-12(11)17-13/h7-8H,2-6H2,1H3,(H,16,17). The van der Waals surface area contributed by atoms with Gasteiger partial charge in [-0.3, -0.25) is 0 Å². The number of fused-ring (bicyclic) bond motifs is 1. The topological polar surface area (TPSA) is 28.7 Å². The van der Waals surface area contributed by atoms with Crippen LogP contribution in [0.1, 0.15) is 38.4 Å². The molecule has 17 heavy (non-hydrogen) atoms. The molecule has 0 amide bonds. The molecule has 0 fully saturated rings. The number of aromatic amines is 1. The molecule has 0 spiro atoms. The highest BCUT2D eigenvalue weighted by atomic mass is 19.2. The molecule has 1 aromatic heterocycles. The minimum Gasteiger partial charge on any atom is -0.342 e. The molecule has 0 aliphatic rings. The molecule has 0 saturated heterocycles. The maximum Gasteiger partial charge on any atom is 0.161 e. The van der Waals surface area contributed by atoms with Crippen LogP contribution in [0.15, 0.2) is 12.1 Å². The fourth-order valence-electron chi connectivity index (χ4n) is 1.90. The molecule has 2 nitrogen and oxygen atoms in total. The van der Waals surface area contributed by atoms with Crippen molar-refractivity contribution in [2.24, 2.45) is 0 Å². The van der Waals surface area contributed by atoms with Crippen LogP contribution in [-0.2, 0) is 6.42 Å². The molecule has 0 aliphatic carbocycles. The molecule has 0 radical (unpaired) electrons. The lowest BCUT2D eigenvalue weighted by molar-refractivity contribution is 0.510. The number of aromatic nitrogens is 2. The summed E-state index contributed by atoms with van der Waals surface area (Å²) in [7, 11) is 0. The van der Waals surface area contributed by atoms with E-state index in [9.17, 15) is 8.78 Å². The fraction of sp³-hybridized carbons (Fsp3) is 0.462. The van der Waals surface area contributed by atoms with Crippen LogP contribution in [0.4, 0.5) is 8.78 Å². The van der Waals surface area contributed by atoms with E-state index in [4.69, 9.17) is 0 Å². The van der Waals surface area contributed by atoms with Crippen LogP contribution in [0.5, 0.6) is 0 Å². The van der Waals surface area contributed by atoms with Crippen LogP contribution in [0.3, 0.4) is 0 Å². The van der Waals surface area contributed by atoms with Crippen molar-refractivity contribution in [3.05, 3.63) is 29.6 Å². The molecule has 0 saturated carbocycles. The van der Waals surface area contributed by atoms with Crippen molar-refractivity contribution in [2.45, 2.75) is 39.0 Å². The van der Waals surface area contributed by atoms with Crippen LogP contribution in [0.2, 0.25) is 0 Å². The van der Waals surface area contributed by atoms with Crippen molar-refractivity contribution < 1.29 is 8.78 Å². The summed E-state index contributed by atoms with van der Waals surface area (Å²) < 4.78 is 26.0. The zero-order chi connectivity index (χ0) is 12.3. The summed E-state index contributed by atoms with van der Waals surface area (Å²) in [6, 6.07) is 2.30. The third-order valence-electron chi connectivity index (χ3n) is 2.84. The van der Waals surface area contributed by atoms with Gasteiger partial charge in [-0.25, -0.2) is 13.8 Å². The lowest BCUT2D eigenvalue weighted by Gasteiger charge is -1.95. The average molecular weight is 238 g/mol. The van der Waals surface area contributed by atoms with Gasteiger partial charge in [-0.15, -0.1) is 0 Å². The molecule has 4 heteroatoms. The molecule has 92 valence electrons. The Hall–Kier alpha value is -1.45. The monoisotopic (exact) mass is 238 g/mol. The Labute approximate surface area is 99.1 Å². The molecule has 0 unspecified atom stereocenters. The molecule has 1 aromatic carbocycles. The van der Waals surface area contributed by atoms with Gasteiger partial charge >= 0.3 is 0 Å². The first kappa shape index (κ1) is 12.0. The number of imidazole rings is 1. The summed E-state index contributed by atoms with van der Waals surface area (Å²) in [6.07, 6.45) is 5.45. The van der Waals surface area contributed by atoms with E-state index in [1.807, 2.05) is 0 Å². The summed E-state index contributed by atoms with van der Waals surface area (Å²) in [5.74, 6) is -0.874. The van der Waals surface area contributed by atoms with Gasteiger partial charge in [0.1, 0.15) is 5.82 Å². The Balaban J connectivity index is 2.09. The fourth-order valence-corrected chi connectivity index (χ4v) is 1.90. The Morgan fingerprint density at radius 1 is 1.12 bits per heavy atom. The second kappa shape index (κ2) is 5.25. The van der Waals surface area contributed by atoms with Gasteiger partial charge in [0, 0.05) is 18.6 Å². The van der Waals surface area contributed by atoms with Gasteiger partial charge in [-0.05, 0) is 6.42 Å². The maximum absolute atomic E-state index is 13.0. The summed E-state index contributed by atoms with van der Waals surface area (Å²) in [6.45, 7) is 2.16. The van der Waals surface area contributed by atoms with E-state index < -0.39 is 11.6 Å². The predicted octanol–water partition coefficient (Wildman–Crippen LogP) is 3.96. The summed E-state index contributed by atoms with van der Waals surface area (Å²) in [5, 5.41) is 0. The first-order chi connectivity index (χ1) is 8.20. The van der Waals surface area contributed by atoms with E-state index in [-0.39, 0.29) is 0 Å². The van der Waals surface area contributed by atoms with Gasteiger partial charge in [0.05, 0.1) is 11.0 Å². The largest absolute Gasteiger partial charge is 0.342 e. The van der Waals surface area contributed by atoms with Gasteiger partial charge in [-0.2, -0.15) is 0 Å². The SMILES string of the molecule is CCCCCCc1nc2cc(F)c(F)cc2[nH]1. The third kappa shape index (κ3) is 2.81. The Morgan fingerprint density at radius 2 is 1.88 bits per heavy atom. The van der Waals surface area contributed by atoms with Gasteiger partial charge < -0.3 is 4.98 Å². The quantitative estimate of drug-likeness (QED) is 0.784. The van der Waals surface area contributed by atoms with Crippen LogP contribution in [0.25, 0.3) is 11.0 Å².